The summed E-state index contributed by atoms with van der Waals surface area (Å²) in [7, 11) is 0. The van der Waals surface area contributed by atoms with Crippen LogP contribution in [0.5, 0.6) is 5.75 Å². The van der Waals surface area contributed by atoms with Crippen LogP contribution in [0.1, 0.15) is 11.3 Å². The number of nitrogen functional groups attached to an aromatic ring is 1. The number of hydrogen-bond acceptors (Lipinski definition) is 7. The average Bonchev–Trinajstić information content (AvgIpc) is 3.07. The number of nitrogens with zero attached hydrogens (tertiary/aromatic N) is 2. The standard InChI is InChI=1S/C17H22N4O3S/c18-17-20-14(12-25-17)10-19-9-13-1-3-15(4-2-13)24-11-16(22)21-5-7-23-8-6-21/h1-4,12,19H,5-11H2,(H2,18,20). The first-order chi connectivity index (χ1) is 12.2. The Balaban J connectivity index is 1.40. The second-order valence-corrected chi connectivity index (χ2v) is 6.60. The smallest absolute Gasteiger partial charge is 0.260 e. The van der Waals surface area contributed by atoms with E-state index in [-0.39, 0.29) is 12.5 Å². The molecule has 1 aromatic carbocycles. The Morgan fingerprint density at radius 1 is 1.28 bits per heavy atom. The van der Waals surface area contributed by atoms with Gasteiger partial charge in [0.05, 0.1) is 18.9 Å². The van der Waals surface area contributed by atoms with Crippen molar-refractivity contribution in [3.8, 4) is 5.75 Å². The maximum absolute atomic E-state index is 12.0. The molecule has 0 radical (unpaired) electrons. The van der Waals surface area contributed by atoms with Crippen LogP contribution in [0.25, 0.3) is 0 Å². The Labute approximate surface area is 150 Å². The van der Waals surface area contributed by atoms with Gasteiger partial charge in [0.2, 0.25) is 0 Å². The van der Waals surface area contributed by atoms with Crippen LogP contribution in [0.15, 0.2) is 29.6 Å². The molecule has 1 saturated heterocycles. The molecule has 0 saturated carbocycles. The molecule has 1 fully saturated rings. The van der Waals surface area contributed by atoms with E-state index < -0.39 is 0 Å². The number of benzene rings is 1. The first kappa shape index (κ1) is 17.7. The molecule has 2 aromatic rings. The maximum atomic E-state index is 12.0. The number of ether oxygens (including phenoxy) is 2. The topological polar surface area (TPSA) is 89.7 Å². The third kappa shape index (κ3) is 5.42. The van der Waals surface area contributed by atoms with Gasteiger partial charge in [-0.1, -0.05) is 12.1 Å². The van der Waals surface area contributed by atoms with Crippen molar-refractivity contribution in [2.45, 2.75) is 13.1 Å². The minimum atomic E-state index is -0.00317. The van der Waals surface area contributed by atoms with Gasteiger partial charge >= 0.3 is 0 Å². The molecule has 7 nitrogen and oxygen atoms in total. The van der Waals surface area contributed by atoms with Crippen molar-refractivity contribution < 1.29 is 14.3 Å². The molecule has 8 heteroatoms. The van der Waals surface area contributed by atoms with Crippen LogP contribution in [0.4, 0.5) is 5.13 Å². The number of nitrogens with two attached hydrogens (primary N) is 1. The van der Waals surface area contributed by atoms with Gasteiger partial charge in [0.25, 0.3) is 5.91 Å². The van der Waals surface area contributed by atoms with Crippen molar-refractivity contribution in [3.63, 3.8) is 0 Å². The van der Waals surface area contributed by atoms with Gasteiger partial charge in [0.1, 0.15) is 5.75 Å². The zero-order valence-corrected chi connectivity index (χ0v) is 14.8. The van der Waals surface area contributed by atoms with Crippen molar-refractivity contribution in [3.05, 3.63) is 40.9 Å². The maximum Gasteiger partial charge on any atom is 0.260 e. The zero-order chi connectivity index (χ0) is 17.5. The van der Waals surface area contributed by atoms with Crippen LogP contribution in [0.3, 0.4) is 0 Å². The summed E-state index contributed by atoms with van der Waals surface area (Å²) in [6, 6.07) is 7.72. The molecule has 0 aliphatic carbocycles. The highest BCUT2D eigenvalue weighted by Gasteiger charge is 2.17. The predicted molar refractivity (Wildman–Crippen MR) is 96.4 cm³/mol. The van der Waals surface area contributed by atoms with Crippen LogP contribution in [-0.2, 0) is 22.6 Å². The molecule has 1 amide bonds. The van der Waals surface area contributed by atoms with Crippen molar-refractivity contribution >= 4 is 22.4 Å². The van der Waals surface area contributed by atoms with Gasteiger partial charge in [0.15, 0.2) is 11.7 Å². The Bertz CT molecular complexity index is 683. The van der Waals surface area contributed by atoms with Crippen LogP contribution in [0.2, 0.25) is 0 Å². The Hall–Kier alpha value is -2.16. The fraction of sp³-hybridized carbons (Fsp3) is 0.412. The van der Waals surface area contributed by atoms with Gasteiger partial charge in [0, 0.05) is 31.6 Å². The number of amides is 1. The lowest BCUT2D eigenvalue weighted by Gasteiger charge is -2.26. The van der Waals surface area contributed by atoms with Crippen LogP contribution in [-0.4, -0.2) is 48.7 Å². The summed E-state index contributed by atoms with van der Waals surface area (Å²) in [6.07, 6.45) is 0. The molecule has 0 bridgehead atoms. The minimum Gasteiger partial charge on any atom is -0.484 e. The number of anilines is 1. The van der Waals surface area contributed by atoms with Crippen molar-refractivity contribution in [2.24, 2.45) is 0 Å². The number of carbonyl (C=O) groups is 1. The van der Waals surface area contributed by atoms with Gasteiger partial charge in [-0.2, -0.15) is 0 Å². The van der Waals surface area contributed by atoms with E-state index in [1.54, 1.807) is 4.90 Å². The van der Waals surface area contributed by atoms with Crippen molar-refractivity contribution in [2.75, 3.05) is 38.6 Å². The summed E-state index contributed by atoms with van der Waals surface area (Å²) in [5.41, 5.74) is 7.69. The van der Waals surface area contributed by atoms with Gasteiger partial charge in [-0.15, -0.1) is 11.3 Å². The number of carbonyl (C=O) groups excluding carboxylic acids is 1. The summed E-state index contributed by atoms with van der Waals surface area (Å²) >= 11 is 1.44. The third-order valence-corrected chi connectivity index (χ3v) is 4.58. The lowest BCUT2D eigenvalue weighted by atomic mass is 10.2. The highest BCUT2D eigenvalue weighted by molar-refractivity contribution is 7.13. The van der Waals surface area contributed by atoms with E-state index in [1.165, 1.54) is 11.3 Å². The molecule has 2 heterocycles. The lowest BCUT2D eigenvalue weighted by molar-refractivity contribution is -0.137. The van der Waals surface area contributed by atoms with Gasteiger partial charge in [-0.3, -0.25) is 4.79 Å². The summed E-state index contributed by atoms with van der Waals surface area (Å²) in [5.74, 6) is 0.689. The number of nitrogens with one attached hydrogen (secondary N) is 1. The molecule has 0 atom stereocenters. The molecule has 0 spiro atoms. The summed E-state index contributed by atoms with van der Waals surface area (Å²) in [5, 5.41) is 5.86. The first-order valence-corrected chi connectivity index (χ1v) is 9.06. The van der Waals surface area contributed by atoms with E-state index in [0.717, 1.165) is 17.8 Å². The molecule has 3 N–H and O–H groups in total. The number of rotatable bonds is 7. The van der Waals surface area contributed by atoms with E-state index in [4.69, 9.17) is 15.2 Å². The number of aromatic nitrogens is 1. The minimum absolute atomic E-state index is 0.00317. The predicted octanol–water partition coefficient (Wildman–Crippen LogP) is 1.25. The molecule has 1 aliphatic heterocycles. The van der Waals surface area contributed by atoms with E-state index in [0.29, 0.717) is 43.7 Å². The fourth-order valence-electron chi connectivity index (χ4n) is 2.49. The normalized spacial score (nSPS) is 14.5. The van der Waals surface area contributed by atoms with E-state index in [9.17, 15) is 4.79 Å². The Morgan fingerprint density at radius 2 is 2.04 bits per heavy atom. The first-order valence-electron chi connectivity index (χ1n) is 8.18. The molecular formula is C17H22N4O3S. The van der Waals surface area contributed by atoms with Crippen LogP contribution < -0.4 is 15.8 Å². The van der Waals surface area contributed by atoms with Crippen LogP contribution >= 0.6 is 11.3 Å². The number of thiazole rings is 1. The third-order valence-electron chi connectivity index (χ3n) is 3.85. The van der Waals surface area contributed by atoms with Crippen molar-refractivity contribution in [1.29, 1.82) is 0 Å². The van der Waals surface area contributed by atoms with E-state index in [2.05, 4.69) is 10.3 Å². The lowest BCUT2D eigenvalue weighted by Crippen LogP contribution is -2.42. The molecule has 134 valence electrons. The summed E-state index contributed by atoms with van der Waals surface area (Å²) in [4.78, 5) is 18.0. The van der Waals surface area contributed by atoms with Gasteiger partial charge in [-0.25, -0.2) is 4.98 Å². The highest BCUT2D eigenvalue weighted by Crippen LogP contribution is 2.13. The second-order valence-electron chi connectivity index (χ2n) is 5.71. The molecule has 25 heavy (non-hydrogen) atoms. The molecule has 1 aromatic heterocycles. The second kappa shape index (κ2) is 8.80. The van der Waals surface area contributed by atoms with Crippen LogP contribution in [0, 0.1) is 0 Å². The SMILES string of the molecule is Nc1nc(CNCc2ccc(OCC(=O)N3CCOCC3)cc2)cs1. The van der Waals surface area contributed by atoms with Crippen molar-refractivity contribution in [1.82, 2.24) is 15.2 Å². The largest absolute Gasteiger partial charge is 0.484 e. The average molecular weight is 362 g/mol. The highest BCUT2D eigenvalue weighted by atomic mass is 32.1. The monoisotopic (exact) mass is 362 g/mol. The Kier molecular flexibility index (Phi) is 6.21. The summed E-state index contributed by atoms with van der Waals surface area (Å²) < 4.78 is 10.8. The van der Waals surface area contributed by atoms with Gasteiger partial charge in [-0.05, 0) is 17.7 Å². The summed E-state index contributed by atoms with van der Waals surface area (Å²) in [6.45, 7) is 3.93. The fourth-order valence-corrected chi connectivity index (χ4v) is 3.05. The molecule has 1 aliphatic rings. The van der Waals surface area contributed by atoms with E-state index >= 15 is 0 Å². The quantitative estimate of drug-likeness (QED) is 0.771. The van der Waals surface area contributed by atoms with Gasteiger partial charge < -0.3 is 25.4 Å². The zero-order valence-electron chi connectivity index (χ0n) is 13.9. The Morgan fingerprint density at radius 3 is 2.72 bits per heavy atom. The molecular weight excluding hydrogens is 340 g/mol. The number of hydrogen-bond donors (Lipinski definition) is 2. The van der Waals surface area contributed by atoms with E-state index in [1.807, 2.05) is 29.6 Å². The number of morpholine rings is 1. The molecule has 0 unspecified atom stereocenters. The molecule has 3 rings (SSSR count).